The number of imide groups is 2. The molecule has 11 heteroatoms. The molecule has 3 atom stereocenters. The minimum atomic E-state index is -4.44. The fraction of sp³-hybridized carbons (Fsp3) is 0.364. The summed E-state index contributed by atoms with van der Waals surface area (Å²) in [5.41, 5.74) is 0.00360. The van der Waals surface area contributed by atoms with Gasteiger partial charge in [-0.05, 0) is 54.8 Å². The quantitative estimate of drug-likeness (QED) is 0.142. The summed E-state index contributed by atoms with van der Waals surface area (Å²) >= 11 is 0. The number of nitrogens with zero attached hydrogens (tertiary/aromatic N) is 2. The van der Waals surface area contributed by atoms with Crippen molar-refractivity contribution in [2.75, 3.05) is 12.8 Å². The minimum Gasteiger partial charge on any atom is -0.481 e. The second kappa shape index (κ2) is 12.5. The predicted molar refractivity (Wildman–Crippen MR) is 164 cm³/mol. The van der Waals surface area contributed by atoms with Crippen LogP contribution in [0.5, 0.6) is 0 Å². The summed E-state index contributed by atoms with van der Waals surface area (Å²) in [5.74, 6) is -4.58. The van der Waals surface area contributed by atoms with Gasteiger partial charge < -0.3 is 10.00 Å². The van der Waals surface area contributed by atoms with Crippen molar-refractivity contribution in [3.63, 3.8) is 0 Å². The van der Waals surface area contributed by atoms with Crippen molar-refractivity contribution in [1.29, 1.82) is 0 Å². The largest absolute Gasteiger partial charge is 0.481 e. The van der Waals surface area contributed by atoms with Gasteiger partial charge in [0.05, 0.1) is 22.7 Å². The number of rotatable bonds is 13. The van der Waals surface area contributed by atoms with Gasteiger partial charge in [0.15, 0.2) is 0 Å². The molecule has 4 amide bonds. The van der Waals surface area contributed by atoms with Crippen LogP contribution in [0, 0.1) is 11.8 Å². The van der Waals surface area contributed by atoms with Gasteiger partial charge in [-0.2, -0.15) is 0 Å². The van der Waals surface area contributed by atoms with Crippen molar-refractivity contribution >= 4 is 47.7 Å². The van der Waals surface area contributed by atoms with Gasteiger partial charge in [0, 0.05) is 23.1 Å². The highest BCUT2D eigenvalue weighted by Gasteiger charge is 2.45. The molecule has 0 spiro atoms. The van der Waals surface area contributed by atoms with Gasteiger partial charge >= 0.3 is 5.97 Å². The normalized spacial score (nSPS) is 17.3. The number of carboxylic acid groups (broad SMARTS) is 1. The average molecular weight is 619 g/mol. The lowest BCUT2D eigenvalue weighted by Gasteiger charge is -2.34. The van der Waals surface area contributed by atoms with E-state index in [0.717, 1.165) is 4.90 Å². The number of fused-ring (bicyclic) bond motifs is 1. The Bertz CT molecular complexity index is 1630. The Hall–Kier alpha value is -4.14. The van der Waals surface area contributed by atoms with E-state index in [4.69, 9.17) is 0 Å². The molecule has 44 heavy (non-hydrogen) atoms. The van der Waals surface area contributed by atoms with E-state index < -0.39 is 43.0 Å². The number of carbonyl (C=O) groups is 5. The average Bonchev–Trinajstić information content (AvgIpc) is 3.23. The number of benzene rings is 3. The number of unbranched alkanes of at least 4 members (excludes halogenated alkanes) is 2. The zero-order chi connectivity index (χ0) is 31.8. The maximum absolute atomic E-state index is 14.1. The smallest absolute Gasteiger partial charge is 0.307 e. The van der Waals surface area contributed by atoms with Crippen LogP contribution in [0.4, 0.5) is 0 Å². The fourth-order valence-electron chi connectivity index (χ4n) is 6.37. The van der Waals surface area contributed by atoms with Crippen LogP contribution in [-0.2, 0) is 9.36 Å². The molecule has 0 fully saturated rings. The summed E-state index contributed by atoms with van der Waals surface area (Å²) in [6, 6.07) is 16.7. The third kappa shape index (κ3) is 5.84. The number of carboxylic acids is 1. The monoisotopic (exact) mass is 618 g/mol. The summed E-state index contributed by atoms with van der Waals surface area (Å²) < 4.78 is 14.1. The zero-order valence-electron chi connectivity index (χ0n) is 24.6. The van der Waals surface area contributed by atoms with Gasteiger partial charge in [0.25, 0.3) is 23.6 Å². The van der Waals surface area contributed by atoms with Crippen LogP contribution < -0.4 is 0 Å². The Balaban J connectivity index is 1.31. The predicted octanol–water partition coefficient (Wildman–Crippen LogP) is 5.64. The maximum Gasteiger partial charge on any atom is 0.307 e. The lowest BCUT2D eigenvalue weighted by Crippen LogP contribution is -2.42. The molecule has 5 rings (SSSR count). The maximum atomic E-state index is 14.1. The van der Waals surface area contributed by atoms with Crippen LogP contribution in [0.25, 0.3) is 10.8 Å². The van der Waals surface area contributed by atoms with E-state index in [1.807, 2.05) is 13.8 Å². The standard InChI is InChI=1S/C33H35N2O8P/c1-20(2)18-26(33(40)41)27(16-4-3-7-17-34-29(36)22-12-5-6-13-23(22)30(34)37)44(42,43)19-35-31(38)24-14-8-10-21-11-9-15-25(28(21)24)32(35)39/h5-6,8-15,20,26-27H,3-4,7,16-19H2,1-2H3,(H,40,41)(H,42,43). The Morgan fingerprint density at radius 1 is 0.750 bits per heavy atom. The van der Waals surface area contributed by atoms with Gasteiger partial charge in [-0.3, -0.25) is 38.3 Å². The third-order valence-corrected chi connectivity index (χ3v) is 10.8. The Kier molecular flexibility index (Phi) is 8.86. The van der Waals surface area contributed by atoms with E-state index >= 15 is 0 Å². The van der Waals surface area contributed by atoms with Crippen LogP contribution in [0.3, 0.4) is 0 Å². The van der Waals surface area contributed by atoms with E-state index in [1.165, 1.54) is 4.90 Å². The van der Waals surface area contributed by atoms with Gasteiger partial charge in [0.2, 0.25) is 7.37 Å². The summed E-state index contributed by atoms with van der Waals surface area (Å²) in [6.07, 6.45) is 0.654. The number of carbonyl (C=O) groups excluding carboxylic acids is 4. The highest BCUT2D eigenvalue weighted by Crippen LogP contribution is 2.54. The molecular weight excluding hydrogens is 583 g/mol. The van der Waals surface area contributed by atoms with Gasteiger partial charge in [0.1, 0.15) is 6.29 Å². The molecule has 2 aliphatic heterocycles. The van der Waals surface area contributed by atoms with E-state index in [1.54, 1.807) is 60.7 Å². The highest BCUT2D eigenvalue weighted by atomic mass is 31.2. The molecule has 2 heterocycles. The molecule has 10 nitrogen and oxygen atoms in total. The van der Waals surface area contributed by atoms with Crippen molar-refractivity contribution in [2.45, 2.75) is 51.6 Å². The molecule has 0 saturated carbocycles. The van der Waals surface area contributed by atoms with Crippen molar-refractivity contribution in [2.24, 2.45) is 11.8 Å². The second-order valence-corrected chi connectivity index (χ2v) is 14.4. The molecule has 2 aliphatic rings. The topological polar surface area (TPSA) is 149 Å². The molecule has 3 aromatic carbocycles. The van der Waals surface area contributed by atoms with Gasteiger partial charge in [-0.25, -0.2) is 0 Å². The van der Waals surface area contributed by atoms with Crippen LogP contribution in [0.2, 0.25) is 0 Å². The summed E-state index contributed by atoms with van der Waals surface area (Å²) in [7, 11) is -4.44. The SMILES string of the molecule is CC(C)CC(C(=O)O)C(CCCCCN1C(=O)c2ccccc2C1=O)P(=O)(O)CN1C(=O)c2cccc3cccc(c23)C1=O. The van der Waals surface area contributed by atoms with Gasteiger partial charge in [-0.1, -0.05) is 63.1 Å². The van der Waals surface area contributed by atoms with Crippen molar-refractivity contribution in [1.82, 2.24) is 9.80 Å². The Labute approximate surface area is 255 Å². The van der Waals surface area contributed by atoms with E-state index in [9.17, 15) is 38.5 Å². The molecule has 0 saturated heterocycles. The van der Waals surface area contributed by atoms with E-state index in [2.05, 4.69) is 0 Å². The van der Waals surface area contributed by atoms with Crippen LogP contribution in [0.1, 0.15) is 87.4 Å². The van der Waals surface area contributed by atoms with Crippen LogP contribution in [-0.4, -0.2) is 67.9 Å². The Morgan fingerprint density at radius 3 is 1.80 bits per heavy atom. The summed E-state index contributed by atoms with van der Waals surface area (Å²) in [6.45, 7) is 3.82. The van der Waals surface area contributed by atoms with Crippen LogP contribution in [0.15, 0.2) is 60.7 Å². The number of amides is 4. The lowest BCUT2D eigenvalue weighted by molar-refractivity contribution is -0.142. The molecule has 0 aliphatic carbocycles. The number of aliphatic carboxylic acids is 1. The zero-order valence-corrected chi connectivity index (χ0v) is 25.5. The van der Waals surface area contributed by atoms with Crippen molar-refractivity contribution < 1.29 is 38.5 Å². The number of hydrogen-bond donors (Lipinski definition) is 2. The molecule has 2 N–H and O–H groups in total. The first-order chi connectivity index (χ1) is 20.9. The van der Waals surface area contributed by atoms with Crippen molar-refractivity contribution in [3.8, 4) is 0 Å². The molecule has 230 valence electrons. The highest BCUT2D eigenvalue weighted by molar-refractivity contribution is 7.58. The fourth-order valence-corrected chi connectivity index (χ4v) is 8.64. The van der Waals surface area contributed by atoms with E-state index in [-0.39, 0.29) is 48.2 Å². The molecule has 0 radical (unpaired) electrons. The first-order valence-corrected chi connectivity index (χ1v) is 16.7. The number of hydrogen-bond acceptors (Lipinski definition) is 6. The molecule has 0 aromatic heterocycles. The Morgan fingerprint density at radius 2 is 1.27 bits per heavy atom. The molecule has 0 bridgehead atoms. The van der Waals surface area contributed by atoms with Crippen molar-refractivity contribution in [3.05, 3.63) is 82.9 Å². The first-order valence-electron chi connectivity index (χ1n) is 14.8. The molecular formula is C33H35N2O8P. The molecule has 3 unspecified atom stereocenters. The van der Waals surface area contributed by atoms with Gasteiger partial charge in [-0.15, -0.1) is 0 Å². The minimum absolute atomic E-state index is 0.0575. The first kappa shape index (κ1) is 31.3. The second-order valence-electron chi connectivity index (χ2n) is 11.9. The van der Waals surface area contributed by atoms with Crippen LogP contribution >= 0.6 is 7.37 Å². The van der Waals surface area contributed by atoms with E-state index in [0.29, 0.717) is 41.2 Å². The third-order valence-electron chi connectivity index (χ3n) is 8.48. The molecule has 3 aromatic rings. The lowest BCUT2D eigenvalue weighted by atomic mass is 9.91. The summed E-state index contributed by atoms with van der Waals surface area (Å²) in [5, 5.41) is 11.3. The summed E-state index contributed by atoms with van der Waals surface area (Å²) in [4.78, 5) is 78.1.